The Morgan fingerprint density at radius 3 is 2.89 bits per heavy atom. The van der Waals surface area contributed by atoms with E-state index in [0.717, 1.165) is 35.3 Å². The van der Waals surface area contributed by atoms with E-state index in [2.05, 4.69) is 17.2 Å². The number of rotatable bonds is 6. The molecule has 1 aromatic carbocycles. The van der Waals surface area contributed by atoms with E-state index in [0.29, 0.717) is 5.92 Å². The molecule has 2 N–H and O–H groups in total. The molecular weight excluding hydrogens is 240 g/mol. The first kappa shape index (κ1) is 13.6. The first-order valence-corrected chi connectivity index (χ1v) is 6.52. The molecule has 1 unspecified atom stereocenters. The van der Waals surface area contributed by atoms with Crippen molar-refractivity contribution in [2.75, 3.05) is 25.6 Å². The molecule has 0 aliphatic heterocycles. The van der Waals surface area contributed by atoms with Crippen molar-refractivity contribution in [3.63, 3.8) is 0 Å². The number of aliphatic hydroxyl groups is 1. The van der Waals surface area contributed by atoms with Crippen LogP contribution < -0.4 is 10.1 Å². The van der Waals surface area contributed by atoms with Gasteiger partial charge in [-0.2, -0.15) is 0 Å². The highest BCUT2D eigenvalue weighted by molar-refractivity contribution is 5.95. The first-order chi connectivity index (χ1) is 9.26. The van der Waals surface area contributed by atoms with E-state index < -0.39 is 0 Å². The minimum Gasteiger partial charge on any atom is -0.496 e. The van der Waals surface area contributed by atoms with Gasteiger partial charge >= 0.3 is 0 Å². The number of benzene rings is 1. The molecule has 1 aromatic heterocycles. The van der Waals surface area contributed by atoms with Crippen molar-refractivity contribution in [2.24, 2.45) is 5.92 Å². The summed E-state index contributed by atoms with van der Waals surface area (Å²) in [6.07, 6.45) is 2.57. The van der Waals surface area contributed by atoms with Crippen molar-refractivity contribution in [2.45, 2.75) is 13.3 Å². The summed E-state index contributed by atoms with van der Waals surface area (Å²) >= 11 is 0. The van der Waals surface area contributed by atoms with Crippen molar-refractivity contribution in [1.82, 2.24) is 4.98 Å². The molecule has 0 radical (unpaired) electrons. The average Bonchev–Trinajstić information content (AvgIpc) is 2.44. The SMILES string of the molecule is COc1cccc2c(NCC(C)CCO)nccc12. The lowest BCUT2D eigenvalue weighted by atomic mass is 10.1. The number of nitrogens with one attached hydrogen (secondary N) is 1. The molecule has 0 aliphatic carbocycles. The largest absolute Gasteiger partial charge is 0.496 e. The summed E-state index contributed by atoms with van der Waals surface area (Å²) < 4.78 is 5.36. The topological polar surface area (TPSA) is 54.4 Å². The predicted octanol–water partition coefficient (Wildman–Crippen LogP) is 2.67. The number of fused-ring (bicyclic) bond motifs is 1. The van der Waals surface area contributed by atoms with Crippen molar-refractivity contribution < 1.29 is 9.84 Å². The van der Waals surface area contributed by atoms with E-state index in [1.807, 2.05) is 24.3 Å². The second kappa shape index (κ2) is 6.38. The van der Waals surface area contributed by atoms with Gasteiger partial charge in [0.1, 0.15) is 11.6 Å². The molecule has 4 heteroatoms. The van der Waals surface area contributed by atoms with E-state index in [-0.39, 0.29) is 6.61 Å². The summed E-state index contributed by atoms with van der Waals surface area (Å²) in [5, 5.41) is 14.4. The van der Waals surface area contributed by atoms with Gasteiger partial charge in [0.05, 0.1) is 7.11 Å². The lowest BCUT2D eigenvalue weighted by Gasteiger charge is -2.14. The highest BCUT2D eigenvalue weighted by Crippen LogP contribution is 2.29. The molecule has 102 valence electrons. The molecule has 2 aromatic rings. The van der Waals surface area contributed by atoms with E-state index in [1.54, 1.807) is 13.3 Å². The number of pyridine rings is 1. The van der Waals surface area contributed by atoms with Crippen LogP contribution in [0.2, 0.25) is 0 Å². The summed E-state index contributed by atoms with van der Waals surface area (Å²) in [7, 11) is 1.67. The Balaban J connectivity index is 2.24. The third kappa shape index (κ3) is 3.15. The molecule has 4 nitrogen and oxygen atoms in total. The van der Waals surface area contributed by atoms with Crippen LogP contribution in [0.1, 0.15) is 13.3 Å². The van der Waals surface area contributed by atoms with Gasteiger partial charge in [0.2, 0.25) is 0 Å². The molecule has 2 rings (SSSR count). The summed E-state index contributed by atoms with van der Waals surface area (Å²) in [5.41, 5.74) is 0. The van der Waals surface area contributed by atoms with E-state index >= 15 is 0 Å². The van der Waals surface area contributed by atoms with Crippen LogP contribution in [0.5, 0.6) is 5.75 Å². The molecule has 0 saturated heterocycles. The van der Waals surface area contributed by atoms with Crippen LogP contribution in [0.25, 0.3) is 10.8 Å². The number of hydrogen-bond donors (Lipinski definition) is 2. The Kier molecular flexibility index (Phi) is 4.58. The van der Waals surface area contributed by atoms with Crippen molar-refractivity contribution in [3.05, 3.63) is 30.5 Å². The normalized spacial score (nSPS) is 12.4. The number of methoxy groups -OCH3 is 1. The summed E-state index contributed by atoms with van der Waals surface area (Å²) in [4.78, 5) is 4.39. The quantitative estimate of drug-likeness (QED) is 0.838. The van der Waals surface area contributed by atoms with Gasteiger partial charge in [0.25, 0.3) is 0 Å². The van der Waals surface area contributed by atoms with Gasteiger partial charge in [-0.3, -0.25) is 0 Å². The van der Waals surface area contributed by atoms with Crippen LogP contribution in [0.15, 0.2) is 30.5 Å². The maximum Gasteiger partial charge on any atom is 0.133 e. The molecule has 1 atom stereocenters. The van der Waals surface area contributed by atoms with Gasteiger partial charge in [-0.05, 0) is 24.5 Å². The highest BCUT2D eigenvalue weighted by Gasteiger charge is 2.07. The van der Waals surface area contributed by atoms with Gasteiger partial charge < -0.3 is 15.2 Å². The zero-order valence-electron chi connectivity index (χ0n) is 11.4. The number of aromatic nitrogens is 1. The van der Waals surface area contributed by atoms with Crippen LogP contribution in [-0.2, 0) is 0 Å². The minimum absolute atomic E-state index is 0.222. The van der Waals surface area contributed by atoms with Crippen LogP contribution in [-0.4, -0.2) is 30.4 Å². The maximum absolute atomic E-state index is 8.91. The van der Waals surface area contributed by atoms with Crippen molar-refractivity contribution >= 4 is 16.6 Å². The van der Waals surface area contributed by atoms with Gasteiger partial charge in [0.15, 0.2) is 0 Å². The molecule has 0 bridgehead atoms. The molecule has 0 saturated carbocycles. The summed E-state index contributed by atoms with van der Waals surface area (Å²) in [5.74, 6) is 2.13. The number of nitrogens with zero attached hydrogens (tertiary/aromatic N) is 1. The predicted molar refractivity (Wildman–Crippen MR) is 77.7 cm³/mol. The second-order valence-corrected chi connectivity index (χ2v) is 4.71. The standard InChI is InChI=1S/C15H20N2O2/c1-11(7-9-18)10-17-15-13-4-3-5-14(19-2)12(13)6-8-16-15/h3-6,8,11,18H,7,9-10H2,1-2H3,(H,16,17). The zero-order valence-corrected chi connectivity index (χ0v) is 11.4. The molecule has 0 spiro atoms. The minimum atomic E-state index is 0.222. The molecular formula is C15H20N2O2. The van der Waals surface area contributed by atoms with E-state index in [9.17, 15) is 0 Å². The maximum atomic E-state index is 8.91. The van der Waals surface area contributed by atoms with Crippen LogP contribution in [0.4, 0.5) is 5.82 Å². The lowest BCUT2D eigenvalue weighted by Crippen LogP contribution is -2.13. The molecule has 0 fully saturated rings. The Morgan fingerprint density at radius 2 is 2.16 bits per heavy atom. The summed E-state index contributed by atoms with van der Waals surface area (Å²) in [6, 6.07) is 7.89. The van der Waals surface area contributed by atoms with Gasteiger partial charge in [-0.1, -0.05) is 19.1 Å². The molecule has 1 heterocycles. The second-order valence-electron chi connectivity index (χ2n) is 4.71. The van der Waals surface area contributed by atoms with Crippen LogP contribution in [0.3, 0.4) is 0 Å². The Bertz CT molecular complexity index is 543. The highest BCUT2D eigenvalue weighted by atomic mass is 16.5. The number of ether oxygens (including phenoxy) is 1. The Hall–Kier alpha value is -1.81. The fourth-order valence-corrected chi connectivity index (χ4v) is 2.09. The number of anilines is 1. The number of aliphatic hydroxyl groups excluding tert-OH is 1. The van der Waals surface area contributed by atoms with Crippen LogP contribution >= 0.6 is 0 Å². The third-order valence-corrected chi connectivity index (χ3v) is 3.23. The molecule has 19 heavy (non-hydrogen) atoms. The number of hydrogen-bond acceptors (Lipinski definition) is 4. The smallest absolute Gasteiger partial charge is 0.133 e. The lowest BCUT2D eigenvalue weighted by molar-refractivity contribution is 0.266. The van der Waals surface area contributed by atoms with Gasteiger partial charge in [0, 0.05) is 30.1 Å². The average molecular weight is 260 g/mol. The third-order valence-electron chi connectivity index (χ3n) is 3.23. The van der Waals surface area contributed by atoms with Crippen molar-refractivity contribution in [1.29, 1.82) is 0 Å². The zero-order chi connectivity index (χ0) is 13.7. The summed E-state index contributed by atoms with van der Waals surface area (Å²) in [6.45, 7) is 3.12. The first-order valence-electron chi connectivity index (χ1n) is 6.52. The van der Waals surface area contributed by atoms with Gasteiger partial charge in [-0.25, -0.2) is 4.98 Å². The molecule has 0 aliphatic rings. The van der Waals surface area contributed by atoms with E-state index in [1.165, 1.54) is 0 Å². The molecule has 0 amide bonds. The van der Waals surface area contributed by atoms with Crippen LogP contribution in [0, 0.1) is 5.92 Å². The Labute approximate surface area is 113 Å². The van der Waals surface area contributed by atoms with Gasteiger partial charge in [-0.15, -0.1) is 0 Å². The fourth-order valence-electron chi connectivity index (χ4n) is 2.09. The van der Waals surface area contributed by atoms with Crippen molar-refractivity contribution in [3.8, 4) is 5.75 Å². The Morgan fingerprint density at radius 1 is 1.32 bits per heavy atom. The van der Waals surface area contributed by atoms with E-state index in [4.69, 9.17) is 9.84 Å². The monoisotopic (exact) mass is 260 g/mol. The fraction of sp³-hybridized carbons (Fsp3) is 0.400.